The Bertz CT molecular complexity index is 387. The first-order chi connectivity index (χ1) is 10.7. The number of rotatable bonds is 12. The van der Waals surface area contributed by atoms with Gasteiger partial charge >= 0.3 is 0 Å². The van der Waals surface area contributed by atoms with Crippen LogP contribution in [0.15, 0.2) is 12.1 Å². The molecule has 1 aromatic rings. The maximum atomic E-state index is 10.4. The molecule has 126 valence electrons. The Labute approximate surface area is 134 Å². The minimum atomic E-state index is 0.284. The van der Waals surface area contributed by atoms with Crippen molar-refractivity contribution in [3.05, 3.63) is 28.8 Å². The average Bonchev–Trinajstić information content (AvgIpc) is 2.52. The summed E-state index contributed by atoms with van der Waals surface area (Å²) in [6, 6.07) is 3.92. The van der Waals surface area contributed by atoms with E-state index in [1.807, 2.05) is 12.1 Å². The molecule has 1 aromatic carbocycles. The summed E-state index contributed by atoms with van der Waals surface area (Å²) in [4.78, 5) is 0. The number of hydrogen-bond acceptors (Lipinski definition) is 4. The van der Waals surface area contributed by atoms with E-state index in [1.165, 1.54) is 0 Å². The Morgan fingerprint density at radius 2 is 1.14 bits per heavy atom. The summed E-state index contributed by atoms with van der Waals surface area (Å²) >= 11 is 0. The van der Waals surface area contributed by atoms with Crippen molar-refractivity contribution < 1.29 is 19.3 Å². The first-order valence-electron chi connectivity index (χ1n) is 8.29. The second kappa shape index (κ2) is 11.5. The fourth-order valence-electron chi connectivity index (χ4n) is 2.12. The van der Waals surface area contributed by atoms with E-state index in [0.29, 0.717) is 33.0 Å². The zero-order valence-electron chi connectivity index (χ0n) is 14.2. The maximum absolute atomic E-state index is 10.4. The lowest BCUT2D eigenvalue weighted by atomic mass is 10.0. The average molecular weight is 310 g/mol. The number of benzene rings is 1. The minimum Gasteiger partial charge on any atom is -0.507 e. The molecule has 0 aliphatic heterocycles. The number of phenolic OH excluding ortho intramolecular Hbond substituents is 1. The van der Waals surface area contributed by atoms with E-state index in [0.717, 1.165) is 42.6 Å². The molecule has 0 spiro atoms. The number of phenols is 1. The van der Waals surface area contributed by atoms with Crippen LogP contribution in [0.1, 0.15) is 56.7 Å². The molecule has 0 atom stereocenters. The fourth-order valence-corrected chi connectivity index (χ4v) is 2.12. The summed E-state index contributed by atoms with van der Waals surface area (Å²) in [6.07, 6.45) is 2.93. The summed E-state index contributed by atoms with van der Waals surface area (Å²) in [5.41, 5.74) is 2.67. The van der Waals surface area contributed by atoms with Gasteiger partial charge in [-0.2, -0.15) is 0 Å². The number of aromatic hydroxyl groups is 1. The SMILES string of the molecule is CCCOCc1cc(COCCC)c(O)c(COCCC)c1. The molecule has 0 unspecified atom stereocenters. The molecule has 4 nitrogen and oxygen atoms in total. The van der Waals surface area contributed by atoms with Crippen LogP contribution in [0.4, 0.5) is 0 Å². The highest BCUT2D eigenvalue weighted by atomic mass is 16.5. The molecule has 0 aliphatic rings. The van der Waals surface area contributed by atoms with E-state index in [4.69, 9.17) is 14.2 Å². The molecule has 0 saturated carbocycles. The number of hydrogen-bond donors (Lipinski definition) is 1. The molecule has 0 bridgehead atoms. The fraction of sp³-hybridized carbons (Fsp3) is 0.667. The molecule has 1 rings (SSSR count). The van der Waals surface area contributed by atoms with Crippen molar-refractivity contribution >= 4 is 0 Å². The quantitative estimate of drug-likeness (QED) is 0.589. The van der Waals surface area contributed by atoms with E-state index >= 15 is 0 Å². The molecule has 0 aliphatic carbocycles. The third kappa shape index (κ3) is 6.77. The van der Waals surface area contributed by atoms with Crippen molar-refractivity contribution in [2.45, 2.75) is 59.9 Å². The number of ether oxygens (including phenoxy) is 3. The van der Waals surface area contributed by atoms with Gasteiger partial charge in [-0.15, -0.1) is 0 Å². The highest BCUT2D eigenvalue weighted by molar-refractivity contribution is 5.43. The van der Waals surface area contributed by atoms with Crippen LogP contribution in [0.3, 0.4) is 0 Å². The largest absolute Gasteiger partial charge is 0.507 e. The first kappa shape index (κ1) is 18.9. The summed E-state index contributed by atoms with van der Waals surface area (Å²) in [5.74, 6) is 0.284. The van der Waals surface area contributed by atoms with Crippen LogP contribution in [-0.2, 0) is 34.0 Å². The van der Waals surface area contributed by atoms with Gasteiger partial charge in [0.05, 0.1) is 19.8 Å². The van der Waals surface area contributed by atoms with Gasteiger partial charge in [-0.05, 0) is 37.0 Å². The normalized spacial score (nSPS) is 11.0. The van der Waals surface area contributed by atoms with Crippen molar-refractivity contribution in [2.24, 2.45) is 0 Å². The van der Waals surface area contributed by atoms with Gasteiger partial charge in [0.15, 0.2) is 0 Å². The topological polar surface area (TPSA) is 47.9 Å². The highest BCUT2D eigenvalue weighted by Gasteiger charge is 2.11. The molecule has 0 amide bonds. The van der Waals surface area contributed by atoms with Gasteiger partial charge in [-0.1, -0.05) is 20.8 Å². The zero-order chi connectivity index (χ0) is 16.2. The standard InChI is InChI=1S/C18H30O4/c1-4-7-20-12-15-10-16(13-21-8-5-2)18(19)17(11-15)14-22-9-6-3/h10-11,19H,4-9,12-14H2,1-3H3. The monoisotopic (exact) mass is 310 g/mol. The van der Waals surface area contributed by atoms with E-state index in [2.05, 4.69) is 20.8 Å². The second-order valence-corrected chi connectivity index (χ2v) is 5.42. The minimum absolute atomic E-state index is 0.284. The smallest absolute Gasteiger partial charge is 0.126 e. The summed E-state index contributed by atoms with van der Waals surface area (Å²) in [6.45, 7) is 9.74. The molecular weight excluding hydrogens is 280 g/mol. The van der Waals surface area contributed by atoms with E-state index in [-0.39, 0.29) is 5.75 Å². The van der Waals surface area contributed by atoms with Gasteiger partial charge in [0.2, 0.25) is 0 Å². The van der Waals surface area contributed by atoms with Gasteiger partial charge in [-0.25, -0.2) is 0 Å². The molecule has 0 aromatic heterocycles. The second-order valence-electron chi connectivity index (χ2n) is 5.42. The summed E-state index contributed by atoms with van der Waals surface area (Å²) in [7, 11) is 0. The van der Waals surface area contributed by atoms with Gasteiger partial charge in [0.25, 0.3) is 0 Å². The van der Waals surface area contributed by atoms with Gasteiger partial charge in [0.1, 0.15) is 5.75 Å². The lowest BCUT2D eigenvalue weighted by molar-refractivity contribution is 0.111. The van der Waals surface area contributed by atoms with Crippen molar-refractivity contribution in [1.29, 1.82) is 0 Å². The van der Waals surface area contributed by atoms with Crippen LogP contribution in [0, 0.1) is 0 Å². The lowest BCUT2D eigenvalue weighted by Gasteiger charge is -2.14. The van der Waals surface area contributed by atoms with Crippen LogP contribution < -0.4 is 0 Å². The Morgan fingerprint density at radius 3 is 1.55 bits per heavy atom. The Balaban J connectivity index is 2.81. The predicted molar refractivity (Wildman–Crippen MR) is 87.9 cm³/mol. The van der Waals surface area contributed by atoms with E-state index in [1.54, 1.807) is 0 Å². The van der Waals surface area contributed by atoms with Crippen LogP contribution in [-0.4, -0.2) is 24.9 Å². The van der Waals surface area contributed by atoms with Crippen molar-refractivity contribution in [1.82, 2.24) is 0 Å². The molecule has 0 fully saturated rings. The molecule has 0 heterocycles. The predicted octanol–water partition coefficient (Wildman–Crippen LogP) is 4.17. The van der Waals surface area contributed by atoms with Crippen LogP contribution in [0.5, 0.6) is 5.75 Å². The molecule has 4 heteroatoms. The van der Waals surface area contributed by atoms with Crippen molar-refractivity contribution in [3.63, 3.8) is 0 Å². The van der Waals surface area contributed by atoms with Crippen molar-refractivity contribution in [3.8, 4) is 5.75 Å². The van der Waals surface area contributed by atoms with Gasteiger partial charge in [-0.3, -0.25) is 0 Å². The van der Waals surface area contributed by atoms with Gasteiger partial charge < -0.3 is 19.3 Å². The van der Waals surface area contributed by atoms with E-state index < -0.39 is 0 Å². The van der Waals surface area contributed by atoms with Crippen LogP contribution in [0.2, 0.25) is 0 Å². The maximum Gasteiger partial charge on any atom is 0.126 e. The highest BCUT2D eigenvalue weighted by Crippen LogP contribution is 2.27. The lowest BCUT2D eigenvalue weighted by Crippen LogP contribution is -2.03. The van der Waals surface area contributed by atoms with Crippen LogP contribution in [0.25, 0.3) is 0 Å². The summed E-state index contributed by atoms with van der Waals surface area (Å²) in [5, 5.41) is 10.4. The van der Waals surface area contributed by atoms with Gasteiger partial charge in [0, 0.05) is 30.9 Å². The Morgan fingerprint density at radius 1 is 0.727 bits per heavy atom. The van der Waals surface area contributed by atoms with E-state index in [9.17, 15) is 5.11 Å². The molecular formula is C18H30O4. The Kier molecular flexibility index (Phi) is 9.87. The molecule has 0 saturated heterocycles. The molecule has 22 heavy (non-hydrogen) atoms. The molecule has 1 N–H and O–H groups in total. The Hall–Kier alpha value is -1.10. The summed E-state index contributed by atoms with van der Waals surface area (Å²) < 4.78 is 16.7. The third-order valence-corrected chi connectivity index (χ3v) is 3.16. The third-order valence-electron chi connectivity index (χ3n) is 3.16. The first-order valence-corrected chi connectivity index (χ1v) is 8.29. The zero-order valence-corrected chi connectivity index (χ0v) is 14.2. The molecule has 0 radical (unpaired) electrons. The van der Waals surface area contributed by atoms with Crippen molar-refractivity contribution in [2.75, 3.05) is 19.8 Å². The van der Waals surface area contributed by atoms with Crippen LogP contribution >= 0.6 is 0 Å².